The predicted octanol–water partition coefficient (Wildman–Crippen LogP) is 2.37. The van der Waals surface area contributed by atoms with Crippen molar-refractivity contribution in [2.75, 3.05) is 6.54 Å². The number of nitrogens with zero attached hydrogens (tertiary/aromatic N) is 2. The topological polar surface area (TPSA) is 37.8 Å². The van der Waals surface area contributed by atoms with Crippen LogP contribution in [0, 0.1) is 5.92 Å². The van der Waals surface area contributed by atoms with E-state index in [4.69, 9.17) is 9.97 Å². The summed E-state index contributed by atoms with van der Waals surface area (Å²) in [4.78, 5) is 9.65. The smallest absolute Gasteiger partial charge is 0.132 e. The van der Waals surface area contributed by atoms with Gasteiger partial charge in [-0.15, -0.1) is 0 Å². The number of rotatable bonds is 2. The van der Waals surface area contributed by atoms with Gasteiger partial charge in [0.25, 0.3) is 0 Å². The molecule has 2 aliphatic rings. The zero-order valence-corrected chi connectivity index (χ0v) is 11.0. The molecule has 1 aliphatic carbocycles. The number of aromatic nitrogens is 2. The third-order valence-electron chi connectivity index (χ3n) is 3.97. The van der Waals surface area contributed by atoms with Gasteiger partial charge in [-0.1, -0.05) is 20.8 Å². The lowest BCUT2D eigenvalue weighted by Crippen LogP contribution is -2.27. The van der Waals surface area contributed by atoms with E-state index in [1.807, 2.05) is 0 Å². The normalized spacial score (nSPS) is 27.1. The third-order valence-corrected chi connectivity index (χ3v) is 3.97. The number of hydrogen-bond acceptors (Lipinski definition) is 3. The van der Waals surface area contributed by atoms with Crippen LogP contribution in [0.2, 0.25) is 0 Å². The largest absolute Gasteiger partial charge is 0.311 e. The highest BCUT2D eigenvalue weighted by Crippen LogP contribution is 2.45. The molecular formula is C14H21N3. The monoisotopic (exact) mass is 231 g/mol. The molecule has 0 saturated heterocycles. The first-order valence-electron chi connectivity index (χ1n) is 6.77. The molecule has 2 heterocycles. The lowest BCUT2D eigenvalue weighted by molar-refractivity contribution is 0.598. The van der Waals surface area contributed by atoms with Gasteiger partial charge in [0.15, 0.2) is 0 Å². The summed E-state index contributed by atoms with van der Waals surface area (Å²) in [7, 11) is 0. The van der Waals surface area contributed by atoms with Gasteiger partial charge in [0.05, 0.1) is 11.4 Å². The van der Waals surface area contributed by atoms with Crippen LogP contribution in [-0.4, -0.2) is 16.5 Å². The Labute approximate surface area is 103 Å². The third kappa shape index (κ3) is 1.97. The molecule has 0 spiro atoms. The van der Waals surface area contributed by atoms with Gasteiger partial charge in [0.2, 0.25) is 0 Å². The highest BCUT2D eigenvalue weighted by atomic mass is 15.0. The van der Waals surface area contributed by atoms with Gasteiger partial charge in [-0.3, -0.25) is 0 Å². The zero-order chi connectivity index (χ0) is 12.0. The van der Waals surface area contributed by atoms with Gasteiger partial charge in [0, 0.05) is 12.5 Å². The molecule has 3 nitrogen and oxygen atoms in total. The zero-order valence-electron chi connectivity index (χ0n) is 11.0. The second kappa shape index (κ2) is 4.05. The van der Waals surface area contributed by atoms with Crippen LogP contribution in [0.1, 0.15) is 61.8 Å². The van der Waals surface area contributed by atoms with Crippen molar-refractivity contribution in [3.8, 4) is 0 Å². The number of nitrogens with one attached hydrogen (secondary N) is 1. The van der Waals surface area contributed by atoms with Gasteiger partial charge in [-0.05, 0) is 36.8 Å². The van der Waals surface area contributed by atoms with Crippen LogP contribution in [0.25, 0.3) is 0 Å². The van der Waals surface area contributed by atoms with Gasteiger partial charge >= 0.3 is 0 Å². The molecule has 0 aromatic carbocycles. The minimum absolute atomic E-state index is 0.512. The summed E-state index contributed by atoms with van der Waals surface area (Å²) in [5, 5.41) is 3.41. The Balaban J connectivity index is 2.05. The van der Waals surface area contributed by atoms with E-state index in [2.05, 4.69) is 26.1 Å². The van der Waals surface area contributed by atoms with Gasteiger partial charge in [-0.25, -0.2) is 9.97 Å². The molecule has 92 valence electrons. The van der Waals surface area contributed by atoms with Crippen LogP contribution in [-0.2, 0) is 13.0 Å². The Bertz CT molecular complexity index is 439. The predicted molar refractivity (Wildman–Crippen MR) is 68.1 cm³/mol. The average molecular weight is 231 g/mol. The molecule has 2 atom stereocenters. The molecule has 1 fully saturated rings. The van der Waals surface area contributed by atoms with Crippen molar-refractivity contribution in [2.45, 2.75) is 52.0 Å². The highest BCUT2D eigenvalue weighted by Gasteiger charge is 2.37. The number of hydrogen-bond donors (Lipinski definition) is 1. The van der Waals surface area contributed by atoms with E-state index >= 15 is 0 Å². The second-order valence-corrected chi connectivity index (χ2v) is 5.79. The van der Waals surface area contributed by atoms with E-state index in [9.17, 15) is 0 Å². The van der Waals surface area contributed by atoms with Crippen LogP contribution in [0.15, 0.2) is 0 Å². The van der Waals surface area contributed by atoms with Crippen LogP contribution in [0.3, 0.4) is 0 Å². The van der Waals surface area contributed by atoms with E-state index < -0.39 is 0 Å². The molecule has 1 aliphatic heterocycles. The van der Waals surface area contributed by atoms with E-state index in [0.717, 1.165) is 31.3 Å². The average Bonchev–Trinajstić information content (AvgIpc) is 3.05. The van der Waals surface area contributed by atoms with Gasteiger partial charge in [-0.2, -0.15) is 0 Å². The second-order valence-electron chi connectivity index (χ2n) is 5.79. The molecule has 1 aromatic heterocycles. The maximum Gasteiger partial charge on any atom is 0.132 e. The van der Waals surface area contributed by atoms with E-state index in [1.165, 1.54) is 23.4 Å². The summed E-state index contributed by atoms with van der Waals surface area (Å²) < 4.78 is 0. The summed E-state index contributed by atoms with van der Waals surface area (Å²) >= 11 is 0. The van der Waals surface area contributed by atoms with Crippen LogP contribution in [0.4, 0.5) is 0 Å². The fraction of sp³-hybridized carbons (Fsp3) is 0.714. The Hall–Kier alpha value is -0.960. The lowest BCUT2D eigenvalue weighted by Gasteiger charge is -2.21. The highest BCUT2D eigenvalue weighted by molar-refractivity contribution is 5.32. The van der Waals surface area contributed by atoms with Crippen molar-refractivity contribution in [3.05, 3.63) is 22.8 Å². The Morgan fingerprint density at radius 2 is 2.06 bits per heavy atom. The van der Waals surface area contributed by atoms with Crippen molar-refractivity contribution < 1.29 is 0 Å². The first-order valence-corrected chi connectivity index (χ1v) is 6.77. The first-order chi connectivity index (χ1) is 8.16. The molecular weight excluding hydrogens is 210 g/mol. The van der Waals surface area contributed by atoms with E-state index in [-0.39, 0.29) is 0 Å². The molecule has 1 N–H and O–H groups in total. The minimum Gasteiger partial charge on any atom is -0.311 e. The van der Waals surface area contributed by atoms with Crippen molar-refractivity contribution in [1.82, 2.24) is 15.3 Å². The van der Waals surface area contributed by atoms with Crippen LogP contribution < -0.4 is 5.32 Å². The van der Waals surface area contributed by atoms with Gasteiger partial charge in [0.1, 0.15) is 5.82 Å². The van der Waals surface area contributed by atoms with Gasteiger partial charge < -0.3 is 5.32 Å². The van der Waals surface area contributed by atoms with Crippen molar-refractivity contribution in [3.63, 3.8) is 0 Å². The summed E-state index contributed by atoms with van der Waals surface area (Å²) in [5.74, 6) is 3.02. The Kier molecular flexibility index (Phi) is 2.66. The summed E-state index contributed by atoms with van der Waals surface area (Å²) in [6.45, 7) is 8.76. The standard InChI is InChI=1S/C14H21N3/c1-8(2)13-10-4-5-15-7-12(10)16-14(17-13)11-6-9(11)3/h8-9,11,15H,4-7H2,1-3H3. The lowest BCUT2D eigenvalue weighted by atomic mass is 9.97. The molecule has 1 aromatic rings. The quantitative estimate of drug-likeness (QED) is 0.849. The minimum atomic E-state index is 0.512. The molecule has 1 saturated carbocycles. The fourth-order valence-corrected chi connectivity index (χ4v) is 2.73. The summed E-state index contributed by atoms with van der Waals surface area (Å²) in [5.41, 5.74) is 3.96. The molecule has 2 unspecified atom stereocenters. The summed E-state index contributed by atoms with van der Waals surface area (Å²) in [6, 6.07) is 0. The van der Waals surface area contributed by atoms with Crippen molar-refractivity contribution in [1.29, 1.82) is 0 Å². The summed E-state index contributed by atoms with van der Waals surface area (Å²) in [6.07, 6.45) is 2.35. The van der Waals surface area contributed by atoms with Crippen molar-refractivity contribution >= 4 is 0 Å². The maximum absolute atomic E-state index is 4.86. The molecule has 17 heavy (non-hydrogen) atoms. The Morgan fingerprint density at radius 3 is 2.71 bits per heavy atom. The SMILES string of the molecule is CC(C)c1nc(C2CC2C)nc2c1CCNC2. The maximum atomic E-state index is 4.86. The Morgan fingerprint density at radius 1 is 1.29 bits per heavy atom. The number of fused-ring (bicyclic) bond motifs is 1. The molecule has 0 bridgehead atoms. The van der Waals surface area contributed by atoms with E-state index in [1.54, 1.807) is 0 Å². The fourth-order valence-electron chi connectivity index (χ4n) is 2.73. The molecule has 3 rings (SSSR count). The van der Waals surface area contributed by atoms with Crippen LogP contribution in [0.5, 0.6) is 0 Å². The molecule has 3 heteroatoms. The molecule has 0 amide bonds. The van der Waals surface area contributed by atoms with Crippen molar-refractivity contribution in [2.24, 2.45) is 5.92 Å². The first kappa shape index (κ1) is 11.1. The van der Waals surface area contributed by atoms with Crippen LogP contribution >= 0.6 is 0 Å². The molecule has 0 radical (unpaired) electrons. The van der Waals surface area contributed by atoms with E-state index in [0.29, 0.717) is 11.8 Å².